The lowest BCUT2D eigenvalue weighted by atomic mass is 10.1. The highest BCUT2D eigenvalue weighted by atomic mass is 19.4. The first kappa shape index (κ1) is 13.4. The molecule has 7 heteroatoms. The summed E-state index contributed by atoms with van der Waals surface area (Å²) in [7, 11) is 0. The molecule has 0 unspecified atom stereocenters. The smallest absolute Gasteiger partial charge is 0.396 e. The third-order valence-corrected chi connectivity index (χ3v) is 2.48. The highest BCUT2D eigenvalue weighted by Crippen LogP contribution is 2.19. The summed E-state index contributed by atoms with van der Waals surface area (Å²) in [6.07, 6.45) is -4.49. The number of nitrogen functional groups attached to an aromatic ring is 1. The molecule has 0 amide bonds. The van der Waals surface area contributed by atoms with Crippen molar-refractivity contribution in [3.05, 3.63) is 41.5 Å². The summed E-state index contributed by atoms with van der Waals surface area (Å²) >= 11 is 0. The molecule has 0 atom stereocenters. The zero-order valence-electron chi connectivity index (χ0n) is 9.94. The van der Waals surface area contributed by atoms with E-state index in [0.29, 0.717) is 18.5 Å². The molecule has 0 aliphatic rings. The Morgan fingerprint density at radius 1 is 1.11 bits per heavy atom. The Morgan fingerprint density at radius 3 is 2.42 bits per heavy atom. The van der Waals surface area contributed by atoms with Crippen molar-refractivity contribution in [3.63, 3.8) is 0 Å². The fourth-order valence-corrected chi connectivity index (χ4v) is 1.58. The number of halogens is 3. The van der Waals surface area contributed by atoms with Crippen molar-refractivity contribution in [3.8, 4) is 0 Å². The average molecular weight is 271 g/mol. The van der Waals surface area contributed by atoms with Crippen LogP contribution in [0.5, 0.6) is 0 Å². The summed E-state index contributed by atoms with van der Waals surface area (Å²) in [5.74, 6) is -0.129. The maximum absolute atomic E-state index is 12.1. The quantitative estimate of drug-likeness (QED) is 0.868. The van der Waals surface area contributed by atoms with E-state index < -0.39 is 12.6 Å². The van der Waals surface area contributed by atoms with Crippen molar-refractivity contribution in [2.24, 2.45) is 0 Å². The largest absolute Gasteiger partial charge is 0.399 e. The van der Waals surface area contributed by atoms with Gasteiger partial charge in [0.1, 0.15) is 6.42 Å². The van der Waals surface area contributed by atoms with Crippen LogP contribution < -0.4 is 5.73 Å². The van der Waals surface area contributed by atoms with Crippen molar-refractivity contribution in [2.75, 3.05) is 5.73 Å². The first-order chi connectivity index (χ1) is 8.92. The molecule has 0 aliphatic heterocycles. The van der Waals surface area contributed by atoms with Crippen LogP contribution >= 0.6 is 0 Å². The fourth-order valence-electron chi connectivity index (χ4n) is 1.58. The van der Waals surface area contributed by atoms with E-state index in [9.17, 15) is 13.2 Å². The van der Waals surface area contributed by atoms with Gasteiger partial charge in [-0.2, -0.15) is 18.2 Å². The minimum atomic E-state index is -4.32. The predicted octanol–water partition coefficient (Wildman–Crippen LogP) is 2.54. The second-order valence-electron chi connectivity index (χ2n) is 4.14. The van der Waals surface area contributed by atoms with E-state index in [1.165, 1.54) is 0 Å². The van der Waals surface area contributed by atoms with Crippen LogP contribution in [0.3, 0.4) is 0 Å². The highest BCUT2D eigenvalue weighted by Gasteiger charge is 2.30. The van der Waals surface area contributed by atoms with Gasteiger partial charge in [0.05, 0.1) is 0 Å². The van der Waals surface area contributed by atoms with Crippen molar-refractivity contribution in [1.29, 1.82) is 0 Å². The van der Waals surface area contributed by atoms with E-state index in [-0.39, 0.29) is 11.7 Å². The Balaban J connectivity index is 1.91. The van der Waals surface area contributed by atoms with Crippen molar-refractivity contribution in [1.82, 2.24) is 10.1 Å². The molecular formula is C12H12F3N3O. The molecule has 0 bridgehead atoms. The maximum atomic E-state index is 12.1. The molecule has 0 spiro atoms. The van der Waals surface area contributed by atoms with E-state index in [1.54, 1.807) is 12.1 Å². The Kier molecular flexibility index (Phi) is 3.73. The lowest BCUT2D eigenvalue weighted by Crippen LogP contribution is -2.12. The molecule has 19 heavy (non-hydrogen) atoms. The molecule has 0 fully saturated rings. The summed E-state index contributed by atoms with van der Waals surface area (Å²) in [5.41, 5.74) is 7.21. The van der Waals surface area contributed by atoms with Gasteiger partial charge in [-0.1, -0.05) is 17.3 Å². The molecule has 2 N–H and O–H groups in total. The van der Waals surface area contributed by atoms with Gasteiger partial charge in [0.2, 0.25) is 5.89 Å². The van der Waals surface area contributed by atoms with E-state index in [0.717, 1.165) is 5.56 Å². The Hall–Kier alpha value is -2.05. The normalized spacial score (nSPS) is 11.7. The lowest BCUT2D eigenvalue weighted by molar-refractivity contribution is -0.128. The molecule has 0 aliphatic carbocycles. The van der Waals surface area contributed by atoms with Gasteiger partial charge in [-0.25, -0.2) is 0 Å². The van der Waals surface area contributed by atoms with Gasteiger partial charge in [0.25, 0.3) is 0 Å². The number of nitrogens with two attached hydrogens (primary N) is 1. The minimum absolute atomic E-state index is 0.205. The van der Waals surface area contributed by atoms with Gasteiger partial charge < -0.3 is 10.3 Å². The third kappa shape index (κ3) is 4.27. The van der Waals surface area contributed by atoms with Crippen LogP contribution in [-0.4, -0.2) is 16.3 Å². The summed E-state index contributed by atoms with van der Waals surface area (Å²) in [4.78, 5) is 3.71. The zero-order valence-corrected chi connectivity index (χ0v) is 9.94. The molecule has 0 saturated carbocycles. The summed E-state index contributed by atoms with van der Waals surface area (Å²) in [6.45, 7) is 0. The Morgan fingerprint density at radius 2 is 1.79 bits per heavy atom. The van der Waals surface area contributed by atoms with E-state index in [1.807, 2.05) is 12.1 Å². The minimum Gasteiger partial charge on any atom is -0.399 e. The topological polar surface area (TPSA) is 64.9 Å². The van der Waals surface area contributed by atoms with Crippen molar-refractivity contribution < 1.29 is 17.7 Å². The van der Waals surface area contributed by atoms with Crippen LogP contribution in [0.25, 0.3) is 0 Å². The maximum Gasteiger partial charge on any atom is 0.396 e. The Bertz CT molecular complexity index is 534. The second-order valence-corrected chi connectivity index (χ2v) is 4.14. The zero-order chi connectivity index (χ0) is 13.9. The number of hydrogen-bond acceptors (Lipinski definition) is 4. The molecular weight excluding hydrogens is 259 g/mol. The fraction of sp³-hybridized carbons (Fsp3) is 0.333. The molecule has 0 radical (unpaired) electrons. The lowest BCUT2D eigenvalue weighted by Gasteiger charge is -2.00. The van der Waals surface area contributed by atoms with Crippen LogP contribution in [0, 0.1) is 0 Å². The molecule has 2 aromatic rings. The number of aromatic nitrogens is 2. The summed E-state index contributed by atoms with van der Waals surface area (Å²) in [6, 6.07) is 7.22. The standard InChI is InChI=1S/C12H12F3N3O/c13-12(14,15)7-10-17-11(19-18-10)6-3-8-1-4-9(16)5-2-8/h1-2,4-5H,3,6-7,16H2. The van der Waals surface area contributed by atoms with Crippen LogP contribution in [-0.2, 0) is 19.3 Å². The van der Waals surface area contributed by atoms with E-state index in [4.69, 9.17) is 10.3 Å². The van der Waals surface area contributed by atoms with E-state index in [2.05, 4.69) is 10.1 Å². The summed E-state index contributed by atoms with van der Waals surface area (Å²) in [5, 5.41) is 3.30. The van der Waals surface area contributed by atoms with Gasteiger partial charge in [0.15, 0.2) is 5.82 Å². The average Bonchev–Trinajstić information content (AvgIpc) is 2.73. The molecule has 2 rings (SSSR count). The number of hydrogen-bond donors (Lipinski definition) is 1. The van der Waals surface area contributed by atoms with Crippen LogP contribution in [0.15, 0.2) is 28.8 Å². The van der Waals surface area contributed by atoms with Crippen molar-refractivity contribution >= 4 is 5.69 Å². The van der Waals surface area contributed by atoms with E-state index >= 15 is 0 Å². The number of benzene rings is 1. The van der Waals surface area contributed by atoms with Gasteiger partial charge in [0, 0.05) is 12.1 Å². The first-order valence-electron chi connectivity index (χ1n) is 5.65. The third-order valence-electron chi connectivity index (χ3n) is 2.48. The van der Waals surface area contributed by atoms with Crippen LogP contribution in [0.1, 0.15) is 17.3 Å². The predicted molar refractivity (Wildman–Crippen MR) is 62.3 cm³/mol. The monoisotopic (exact) mass is 271 g/mol. The number of anilines is 1. The van der Waals surface area contributed by atoms with Crippen LogP contribution in [0.4, 0.5) is 18.9 Å². The molecule has 1 heterocycles. The van der Waals surface area contributed by atoms with Gasteiger partial charge in [-0.05, 0) is 24.1 Å². The molecule has 1 aromatic heterocycles. The molecule has 1 aromatic carbocycles. The second kappa shape index (κ2) is 5.29. The SMILES string of the molecule is Nc1ccc(CCc2nc(CC(F)(F)F)no2)cc1. The van der Waals surface area contributed by atoms with Gasteiger partial charge in [-0.3, -0.25) is 0 Å². The number of rotatable bonds is 4. The number of alkyl halides is 3. The molecule has 0 saturated heterocycles. The number of nitrogens with zero attached hydrogens (tertiary/aromatic N) is 2. The molecule has 102 valence electrons. The molecule has 4 nitrogen and oxygen atoms in total. The van der Waals surface area contributed by atoms with Gasteiger partial charge in [-0.15, -0.1) is 0 Å². The Labute approximate surface area is 107 Å². The van der Waals surface area contributed by atoms with Gasteiger partial charge >= 0.3 is 6.18 Å². The van der Waals surface area contributed by atoms with Crippen molar-refractivity contribution in [2.45, 2.75) is 25.4 Å². The van der Waals surface area contributed by atoms with Crippen LogP contribution in [0.2, 0.25) is 0 Å². The summed E-state index contributed by atoms with van der Waals surface area (Å²) < 4.78 is 41.1. The highest BCUT2D eigenvalue weighted by molar-refractivity contribution is 5.39. The first-order valence-corrected chi connectivity index (χ1v) is 5.65. The number of aryl methyl sites for hydroxylation is 2.